The van der Waals surface area contributed by atoms with Crippen molar-refractivity contribution in [1.29, 1.82) is 0 Å². The quantitative estimate of drug-likeness (QED) is 0.747. The molecular formula is C20H27FN4O3S. The monoisotopic (exact) mass is 422 g/mol. The number of halogens is 1. The molecule has 7 nitrogen and oxygen atoms in total. The Hall–Kier alpha value is -2.13. The molecule has 0 radical (unpaired) electrons. The molecule has 1 saturated carbocycles. The number of thiazole rings is 1. The summed E-state index contributed by atoms with van der Waals surface area (Å²) >= 11 is 1.38. The lowest BCUT2D eigenvalue weighted by Gasteiger charge is -2.37. The van der Waals surface area contributed by atoms with Crippen molar-refractivity contribution >= 4 is 38.4 Å². The molecule has 158 valence electrons. The number of rotatable bonds is 4. The van der Waals surface area contributed by atoms with Crippen LogP contribution in [0.2, 0.25) is 0 Å². The van der Waals surface area contributed by atoms with Crippen molar-refractivity contribution in [3.63, 3.8) is 0 Å². The van der Waals surface area contributed by atoms with Gasteiger partial charge in [0.15, 0.2) is 10.9 Å². The highest BCUT2D eigenvalue weighted by atomic mass is 32.1. The van der Waals surface area contributed by atoms with Crippen molar-refractivity contribution in [2.24, 2.45) is 0 Å². The van der Waals surface area contributed by atoms with Crippen LogP contribution in [-0.2, 0) is 4.74 Å². The highest BCUT2D eigenvalue weighted by molar-refractivity contribution is 7.23. The van der Waals surface area contributed by atoms with Crippen molar-refractivity contribution in [2.75, 3.05) is 50.7 Å². The third-order valence-electron chi connectivity index (χ3n) is 5.80. The Morgan fingerprint density at radius 3 is 2.72 bits per heavy atom. The van der Waals surface area contributed by atoms with Crippen molar-refractivity contribution in [3.05, 3.63) is 12.1 Å². The molecule has 9 heteroatoms. The number of nitrogens with zero attached hydrogens (tertiary/aromatic N) is 3. The van der Waals surface area contributed by atoms with E-state index in [2.05, 4.69) is 15.2 Å². The van der Waals surface area contributed by atoms with Crippen LogP contribution in [0.15, 0.2) is 12.1 Å². The van der Waals surface area contributed by atoms with Gasteiger partial charge in [0.25, 0.3) is 0 Å². The van der Waals surface area contributed by atoms with Gasteiger partial charge in [-0.15, -0.1) is 0 Å². The van der Waals surface area contributed by atoms with E-state index in [4.69, 9.17) is 9.47 Å². The molecule has 2 aliphatic rings. The van der Waals surface area contributed by atoms with Gasteiger partial charge in [-0.05, 0) is 25.0 Å². The van der Waals surface area contributed by atoms with E-state index in [0.717, 1.165) is 42.7 Å². The van der Waals surface area contributed by atoms with E-state index in [-0.39, 0.29) is 0 Å². The summed E-state index contributed by atoms with van der Waals surface area (Å²) in [6.07, 6.45) is 3.38. The second kappa shape index (κ2) is 8.31. The second-order valence-electron chi connectivity index (χ2n) is 7.55. The zero-order valence-corrected chi connectivity index (χ0v) is 17.7. The summed E-state index contributed by atoms with van der Waals surface area (Å²) in [6.45, 7) is 2.96. The van der Waals surface area contributed by atoms with Crippen LogP contribution in [0.5, 0.6) is 5.75 Å². The fourth-order valence-corrected chi connectivity index (χ4v) is 5.04. The second-order valence-corrected chi connectivity index (χ2v) is 8.55. The molecule has 4 rings (SSSR count). The highest BCUT2D eigenvalue weighted by Gasteiger charge is 2.39. The third-order valence-corrected chi connectivity index (χ3v) is 6.79. The normalized spacial score (nSPS) is 19.2. The number of hydrogen-bond acceptors (Lipinski definition) is 6. The fraction of sp³-hybridized carbons (Fsp3) is 0.600. The van der Waals surface area contributed by atoms with Gasteiger partial charge in [-0.1, -0.05) is 17.8 Å². The number of morpholine rings is 1. The van der Waals surface area contributed by atoms with Gasteiger partial charge >= 0.3 is 6.03 Å². The third kappa shape index (κ3) is 3.98. The average Bonchev–Trinajstić information content (AvgIpc) is 3.17. The van der Waals surface area contributed by atoms with E-state index in [0.29, 0.717) is 42.5 Å². The van der Waals surface area contributed by atoms with Gasteiger partial charge < -0.3 is 14.4 Å². The number of carbonyl (C=O) groups excluding carboxylic acids is 1. The van der Waals surface area contributed by atoms with E-state index in [1.807, 2.05) is 12.1 Å². The Labute approximate surface area is 173 Å². The van der Waals surface area contributed by atoms with Crippen LogP contribution in [-0.4, -0.2) is 62.2 Å². The van der Waals surface area contributed by atoms with Gasteiger partial charge in [-0.3, -0.25) is 10.2 Å². The van der Waals surface area contributed by atoms with Crippen LogP contribution in [0.25, 0.3) is 10.2 Å². The summed E-state index contributed by atoms with van der Waals surface area (Å²) in [5.41, 5.74) is 1.75. The Morgan fingerprint density at radius 1 is 1.31 bits per heavy atom. The molecule has 1 aromatic heterocycles. The summed E-state index contributed by atoms with van der Waals surface area (Å²) in [5, 5.41) is 3.23. The maximum absolute atomic E-state index is 15.2. The number of ether oxygens (including phenoxy) is 2. The van der Waals surface area contributed by atoms with E-state index >= 15 is 4.39 Å². The molecule has 2 heterocycles. The number of urea groups is 1. The summed E-state index contributed by atoms with van der Waals surface area (Å²) in [4.78, 5) is 20.7. The SMILES string of the molecule is COc1ccc(N2CCOCC2)c2sc(NC(=O)N(C)C3(F)CCCCC3)nc12. The number of carbonyl (C=O) groups is 1. The van der Waals surface area contributed by atoms with Gasteiger partial charge in [-0.2, -0.15) is 0 Å². The van der Waals surface area contributed by atoms with E-state index in [9.17, 15) is 4.79 Å². The smallest absolute Gasteiger partial charge is 0.325 e. The number of methoxy groups -OCH3 is 1. The first-order valence-corrected chi connectivity index (χ1v) is 10.9. The number of amides is 2. The molecule has 1 N–H and O–H groups in total. The zero-order valence-electron chi connectivity index (χ0n) is 16.9. The molecule has 1 saturated heterocycles. The number of alkyl halides is 1. The largest absolute Gasteiger partial charge is 0.494 e. The van der Waals surface area contributed by atoms with Gasteiger partial charge in [0.2, 0.25) is 0 Å². The topological polar surface area (TPSA) is 66.9 Å². The number of hydrogen-bond donors (Lipinski definition) is 1. The lowest BCUT2D eigenvalue weighted by molar-refractivity contribution is -0.0161. The number of anilines is 2. The predicted molar refractivity (Wildman–Crippen MR) is 113 cm³/mol. The van der Waals surface area contributed by atoms with Crippen molar-refractivity contribution < 1.29 is 18.7 Å². The number of nitrogens with one attached hydrogen (secondary N) is 1. The van der Waals surface area contributed by atoms with Crippen LogP contribution < -0.4 is 15.0 Å². The van der Waals surface area contributed by atoms with Crippen LogP contribution >= 0.6 is 11.3 Å². The first kappa shape index (κ1) is 20.2. The molecule has 1 aliphatic carbocycles. The summed E-state index contributed by atoms with van der Waals surface area (Å²) < 4.78 is 27.0. The van der Waals surface area contributed by atoms with Crippen LogP contribution in [0, 0.1) is 0 Å². The number of benzene rings is 1. The van der Waals surface area contributed by atoms with Crippen LogP contribution in [0.1, 0.15) is 32.1 Å². The molecule has 0 atom stereocenters. The molecule has 1 aromatic carbocycles. The standard InChI is InChI=1S/C20H27FN4O3S/c1-24(20(21)8-4-3-5-9-20)19(26)23-18-22-16-15(27-2)7-6-14(17(16)29-18)25-10-12-28-13-11-25/h6-7H,3-5,8-13H2,1-2H3,(H,22,23,26). The molecule has 0 unspecified atom stereocenters. The molecule has 0 spiro atoms. The molecule has 29 heavy (non-hydrogen) atoms. The van der Waals surface area contributed by atoms with E-state index in [1.165, 1.54) is 23.3 Å². The van der Waals surface area contributed by atoms with Gasteiger partial charge in [0.05, 0.1) is 30.7 Å². The average molecular weight is 423 g/mol. The summed E-state index contributed by atoms with van der Waals surface area (Å²) in [7, 11) is 3.12. The maximum Gasteiger partial charge on any atom is 0.325 e. The van der Waals surface area contributed by atoms with E-state index < -0.39 is 11.8 Å². The zero-order chi connectivity index (χ0) is 20.4. The maximum atomic E-state index is 15.2. The minimum absolute atomic E-state index is 0.381. The molecule has 2 fully saturated rings. The van der Waals surface area contributed by atoms with Gasteiger partial charge in [-0.25, -0.2) is 14.2 Å². The first-order chi connectivity index (χ1) is 14.0. The first-order valence-electron chi connectivity index (χ1n) is 10.1. The molecule has 1 aliphatic heterocycles. The molecule has 2 amide bonds. The minimum atomic E-state index is -1.59. The van der Waals surface area contributed by atoms with Gasteiger partial charge in [0.1, 0.15) is 11.3 Å². The van der Waals surface area contributed by atoms with Crippen molar-refractivity contribution in [3.8, 4) is 5.75 Å². The molecule has 0 bridgehead atoms. The van der Waals surface area contributed by atoms with Crippen LogP contribution in [0.4, 0.5) is 20.0 Å². The predicted octanol–water partition coefficient (Wildman–Crippen LogP) is 4.24. The Morgan fingerprint density at radius 2 is 2.03 bits per heavy atom. The number of aromatic nitrogens is 1. The van der Waals surface area contributed by atoms with Gasteiger partial charge in [0, 0.05) is 33.0 Å². The Bertz CT molecular complexity index is 878. The molecular weight excluding hydrogens is 395 g/mol. The fourth-order valence-electron chi connectivity index (χ4n) is 4.03. The van der Waals surface area contributed by atoms with Crippen molar-refractivity contribution in [1.82, 2.24) is 9.88 Å². The number of fused-ring (bicyclic) bond motifs is 1. The highest BCUT2D eigenvalue weighted by Crippen LogP contribution is 2.40. The lowest BCUT2D eigenvalue weighted by atomic mass is 9.92. The minimum Gasteiger partial charge on any atom is -0.494 e. The van der Waals surface area contributed by atoms with Crippen molar-refractivity contribution in [2.45, 2.75) is 37.9 Å². The summed E-state index contributed by atoms with van der Waals surface area (Å²) in [6, 6.07) is 3.43. The lowest BCUT2D eigenvalue weighted by Crippen LogP contribution is -2.49. The Kier molecular flexibility index (Phi) is 5.78. The Balaban J connectivity index is 1.60. The molecule has 2 aromatic rings. The van der Waals surface area contributed by atoms with E-state index in [1.54, 1.807) is 7.11 Å². The van der Waals surface area contributed by atoms with Crippen LogP contribution in [0.3, 0.4) is 0 Å². The summed E-state index contributed by atoms with van der Waals surface area (Å²) in [5.74, 6) is -0.938.